The van der Waals surface area contributed by atoms with Gasteiger partial charge in [0, 0.05) is 5.56 Å². The maximum absolute atomic E-state index is 13.6. The molecule has 0 spiro atoms. The highest BCUT2D eigenvalue weighted by molar-refractivity contribution is 5.26. The van der Waals surface area contributed by atoms with Crippen LogP contribution in [0.5, 0.6) is 0 Å². The first kappa shape index (κ1) is 12.2. The van der Waals surface area contributed by atoms with E-state index in [9.17, 15) is 9.50 Å². The van der Waals surface area contributed by atoms with Crippen molar-refractivity contribution in [2.24, 2.45) is 5.92 Å². The molecule has 0 aliphatic rings. The molecule has 0 aliphatic heterocycles. The van der Waals surface area contributed by atoms with Crippen molar-refractivity contribution in [3.05, 3.63) is 35.1 Å². The Bertz CT molecular complexity index is 322. The largest absolute Gasteiger partial charge is 0.388 e. The number of benzene rings is 1. The van der Waals surface area contributed by atoms with E-state index in [1.54, 1.807) is 25.1 Å². The van der Waals surface area contributed by atoms with Gasteiger partial charge in [-0.05, 0) is 24.8 Å². The number of rotatable bonds is 4. The van der Waals surface area contributed by atoms with Crippen molar-refractivity contribution in [3.63, 3.8) is 0 Å². The molecule has 2 heteroatoms. The van der Waals surface area contributed by atoms with Crippen LogP contribution in [0.15, 0.2) is 18.2 Å². The Kier molecular flexibility index (Phi) is 4.28. The highest BCUT2D eigenvalue weighted by Gasteiger charge is 2.16. The fourth-order valence-electron chi connectivity index (χ4n) is 1.60. The molecule has 0 aliphatic carbocycles. The summed E-state index contributed by atoms with van der Waals surface area (Å²) in [6.45, 7) is 5.86. The van der Waals surface area contributed by atoms with Gasteiger partial charge in [0.1, 0.15) is 5.82 Å². The predicted octanol–water partition coefficient (Wildman–Crippen LogP) is 3.60. The number of aliphatic hydroxyl groups excluding tert-OH is 1. The summed E-state index contributed by atoms with van der Waals surface area (Å²) in [6.07, 6.45) is 0.946. The Balaban J connectivity index is 2.82. The van der Waals surface area contributed by atoms with E-state index in [2.05, 4.69) is 13.8 Å². The summed E-state index contributed by atoms with van der Waals surface area (Å²) >= 11 is 0. The van der Waals surface area contributed by atoms with Gasteiger partial charge in [0.05, 0.1) is 6.10 Å². The molecule has 0 radical (unpaired) electrons. The van der Waals surface area contributed by atoms with Crippen LogP contribution in [-0.2, 0) is 0 Å². The second kappa shape index (κ2) is 5.26. The summed E-state index contributed by atoms with van der Waals surface area (Å²) < 4.78 is 13.6. The average molecular weight is 210 g/mol. The lowest BCUT2D eigenvalue weighted by Gasteiger charge is -2.16. The highest BCUT2D eigenvalue weighted by Crippen LogP contribution is 2.26. The van der Waals surface area contributed by atoms with Gasteiger partial charge in [0.2, 0.25) is 0 Å². The number of halogens is 1. The summed E-state index contributed by atoms with van der Waals surface area (Å²) in [5.41, 5.74) is 1.02. The molecule has 2 atom stereocenters. The van der Waals surface area contributed by atoms with E-state index in [0.29, 0.717) is 23.5 Å². The van der Waals surface area contributed by atoms with E-state index in [1.165, 1.54) is 0 Å². The number of hydrogen-bond acceptors (Lipinski definition) is 1. The van der Waals surface area contributed by atoms with Gasteiger partial charge < -0.3 is 5.11 Å². The Labute approximate surface area is 90.9 Å². The first-order valence-electron chi connectivity index (χ1n) is 5.49. The van der Waals surface area contributed by atoms with Gasteiger partial charge in [-0.3, -0.25) is 0 Å². The van der Waals surface area contributed by atoms with E-state index >= 15 is 0 Å². The minimum Gasteiger partial charge on any atom is -0.388 e. The molecule has 0 fully saturated rings. The molecule has 0 saturated carbocycles. The Hall–Kier alpha value is -0.890. The standard InChI is InChI=1S/C13H19FO/c1-4-9(2)8-12(15)11-7-5-6-10(3)13(11)14/h5-7,9,12,15H,4,8H2,1-3H3. The third-order valence-corrected chi connectivity index (χ3v) is 2.90. The molecular formula is C13H19FO. The van der Waals surface area contributed by atoms with Crippen LogP contribution in [-0.4, -0.2) is 5.11 Å². The second-order valence-corrected chi connectivity index (χ2v) is 4.24. The lowest BCUT2D eigenvalue weighted by atomic mass is 9.95. The topological polar surface area (TPSA) is 20.2 Å². The molecule has 1 nitrogen and oxygen atoms in total. The molecule has 15 heavy (non-hydrogen) atoms. The highest BCUT2D eigenvalue weighted by atomic mass is 19.1. The Morgan fingerprint density at radius 2 is 2.07 bits per heavy atom. The molecule has 0 heterocycles. The van der Waals surface area contributed by atoms with Crippen molar-refractivity contribution in [1.29, 1.82) is 0 Å². The Morgan fingerprint density at radius 1 is 1.40 bits per heavy atom. The summed E-state index contributed by atoms with van der Waals surface area (Å²) in [5.74, 6) is 0.146. The van der Waals surface area contributed by atoms with E-state index in [0.717, 1.165) is 6.42 Å². The molecule has 1 aromatic rings. The van der Waals surface area contributed by atoms with Crippen LogP contribution in [0, 0.1) is 18.7 Å². The Morgan fingerprint density at radius 3 is 2.67 bits per heavy atom. The first-order chi connectivity index (χ1) is 7.06. The molecule has 84 valence electrons. The molecule has 0 bridgehead atoms. The summed E-state index contributed by atoms with van der Waals surface area (Å²) in [4.78, 5) is 0. The lowest BCUT2D eigenvalue weighted by Crippen LogP contribution is -2.06. The summed E-state index contributed by atoms with van der Waals surface area (Å²) in [6, 6.07) is 5.16. The third kappa shape index (κ3) is 3.03. The predicted molar refractivity (Wildman–Crippen MR) is 60.2 cm³/mol. The van der Waals surface area contributed by atoms with Gasteiger partial charge in [-0.15, -0.1) is 0 Å². The van der Waals surface area contributed by atoms with Gasteiger partial charge in [-0.1, -0.05) is 38.5 Å². The number of hydrogen-bond donors (Lipinski definition) is 1. The quantitative estimate of drug-likeness (QED) is 0.805. The minimum absolute atomic E-state index is 0.270. The summed E-state index contributed by atoms with van der Waals surface area (Å²) in [7, 11) is 0. The molecule has 0 aromatic heterocycles. The summed E-state index contributed by atoms with van der Waals surface area (Å²) in [5, 5.41) is 9.89. The van der Waals surface area contributed by atoms with Crippen LogP contribution >= 0.6 is 0 Å². The van der Waals surface area contributed by atoms with E-state index in [1.807, 2.05) is 0 Å². The molecule has 2 unspecified atom stereocenters. The SMILES string of the molecule is CCC(C)CC(O)c1cccc(C)c1F. The van der Waals surface area contributed by atoms with Crippen molar-refractivity contribution >= 4 is 0 Å². The molecule has 1 rings (SSSR count). The van der Waals surface area contributed by atoms with Gasteiger partial charge in [-0.25, -0.2) is 4.39 Å². The van der Waals surface area contributed by atoms with Gasteiger partial charge in [0.15, 0.2) is 0 Å². The van der Waals surface area contributed by atoms with Crippen molar-refractivity contribution in [2.45, 2.75) is 39.7 Å². The number of aryl methyl sites for hydroxylation is 1. The van der Waals surface area contributed by atoms with Crippen molar-refractivity contribution in [3.8, 4) is 0 Å². The molecule has 0 amide bonds. The van der Waals surface area contributed by atoms with Gasteiger partial charge >= 0.3 is 0 Å². The first-order valence-corrected chi connectivity index (χ1v) is 5.49. The smallest absolute Gasteiger partial charge is 0.131 e. The normalized spacial score (nSPS) is 15.0. The van der Waals surface area contributed by atoms with E-state index in [4.69, 9.17) is 0 Å². The van der Waals surface area contributed by atoms with Crippen molar-refractivity contribution < 1.29 is 9.50 Å². The lowest BCUT2D eigenvalue weighted by molar-refractivity contribution is 0.142. The fraction of sp³-hybridized carbons (Fsp3) is 0.538. The fourth-order valence-corrected chi connectivity index (χ4v) is 1.60. The van der Waals surface area contributed by atoms with Crippen LogP contribution in [0.2, 0.25) is 0 Å². The molecule has 0 saturated heterocycles. The molecule has 1 aromatic carbocycles. The van der Waals surface area contributed by atoms with Crippen LogP contribution < -0.4 is 0 Å². The zero-order valence-corrected chi connectivity index (χ0v) is 9.63. The van der Waals surface area contributed by atoms with Crippen LogP contribution in [0.4, 0.5) is 4.39 Å². The third-order valence-electron chi connectivity index (χ3n) is 2.90. The van der Waals surface area contributed by atoms with Gasteiger partial charge in [0.25, 0.3) is 0 Å². The van der Waals surface area contributed by atoms with Crippen LogP contribution in [0.25, 0.3) is 0 Å². The van der Waals surface area contributed by atoms with Crippen LogP contribution in [0.1, 0.15) is 43.9 Å². The van der Waals surface area contributed by atoms with Crippen molar-refractivity contribution in [1.82, 2.24) is 0 Å². The maximum Gasteiger partial charge on any atom is 0.131 e. The maximum atomic E-state index is 13.6. The second-order valence-electron chi connectivity index (χ2n) is 4.24. The zero-order valence-electron chi connectivity index (χ0n) is 9.63. The van der Waals surface area contributed by atoms with Gasteiger partial charge in [-0.2, -0.15) is 0 Å². The van der Waals surface area contributed by atoms with Crippen molar-refractivity contribution in [2.75, 3.05) is 0 Å². The average Bonchev–Trinajstić information content (AvgIpc) is 2.21. The van der Waals surface area contributed by atoms with E-state index < -0.39 is 6.10 Å². The number of aliphatic hydroxyl groups is 1. The zero-order chi connectivity index (χ0) is 11.4. The van der Waals surface area contributed by atoms with E-state index in [-0.39, 0.29) is 5.82 Å². The monoisotopic (exact) mass is 210 g/mol. The molecular weight excluding hydrogens is 191 g/mol. The minimum atomic E-state index is -0.681. The van der Waals surface area contributed by atoms with Crippen LogP contribution in [0.3, 0.4) is 0 Å². The molecule has 1 N–H and O–H groups in total.